The van der Waals surface area contributed by atoms with Gasteiger partial charge in [0.05, 0.1) is 16.3 Å². The van der Waals surface area contributed by atoms with Crippen LogP contribution in [0.15, 0.2) is 36.4 Å². The second-order valence-corrected chi connectivity index (χ2v) is 5.25. The molecular weight excluding hydrogens is 331 g/mol. The summed E-state index contributed by atoms with van der Waals surface area (Å²) in [7, 11) is 0. The molecule has 2 rings (SSSR count). The van der Waals surface area contributed by atoms with E-state index in [-0.39, 0.29) is 10.7 Å². The average molecular weight is 344 g/mol. The molecule has 0 aliphatic heterocycles. The number of benzene rings is 2. The van der Waals surface area contributed by atoms with E-state index in [1.807, 2.05) is 0 Å². The lowest BCUT2D eigenvalue weighted by molar-refractivity contribution is -0.137. The van der Waals surface area contributed by atoms with Crippen LogP contribution in [-0.4, -0.2) is 6.03 Å². The van der Waals surface area contributed by atoms with Crippen LogP contribution >= 0.6 is 11.6 Å². The summed E-state index contributed by atoms with van der Waals surface area (Å²) in [5.41, 5.74) is 6.24. The van der Waals surface area contributed by atoms with E-state index < -0.39 is 17.8 Å². The number of carbonyl (C=O) groups excluding carboxylic acids is 1. The van der Waals surface area contributed by atoms with Crippen molar-refractivity contribution in [1.82, 2.24) is 0 Å². The third-order valence-corrected chi connectivity index (χ3v) is 3.38. The predicted octanol–water partition coefficient (Wildman–Crippen LogP) is 4.89. The lowest BCUT2D eigenvalue weighted by Gasteiger charge is -2.13. The van der Waals surface area contributed by atoms with Crippen molar-refractivity contribution in [3.05, 3.63) is 52.5 Å². The monoisotopic (exact) mass is 343 g/mol. The highest BCUT2D eigenvalue weighted by molar-refractivity contribution is 6.33. The molecule has 0 aliphatic carbocycles. The van der Waals surface area contributed by atoms with Crippen molar-refractivity contribution in [2.45, 2.75) is 13.1 Å². The Kier molecular flexibility index (Phi) is 4.70. The van der Waals surface area contributed by atoms with Gasteiger partial charge in [-0.25, -0.2) is 4.79 Å². The Balaban J connectivity index is 2.18. The molecule has 2 amide bonds. The number of nitrogen functional groups attached to an aromatic ring is 1. The summed E-state index contributed by atoms with van der Waals surface area (Å²) in [4.78, 5) is 12.0. The normalized spacial score (nSPS) is 11.2. The van der Waals surface area contributed by atoms with Gasteiger partial charge < -0.3 is 16.4 Å². The SMILES string of the molecule is Cc1ccc(N)cc1NC(=O)Nc1cc(C(F)(F)F)ccc1Cl. The van der Waals surface area contributed by atoms with Crippen LogP contribution in [0.1, 0.15) is 11.1 Å². The molecule has 0 radical (unpaired) electrons. The largest absolute Gasteiger partial charge is 0.416 e. The Morgan fingerprint density at radius 3 is 2.39 bits per heavy atom. The van der Waals surface area contributed by atoms with E-state index in [9.17, 15) is 18.0 Å². The number of rotatable bonds is 2. The summed E-state index contributed by atoms with van der Waals surface area (Å²) < 4.78 is 38.1. The van der Waals surface area contributed by atoms with Gasteiger partial charge in [-0.05, 0) is 42.8 Å². The van der Waals surface area contributed by atoms with E-state index in [1.54, 1.807) is 25.1 Å². The third-order valence-electron chi connectivity index (χ3n) is 3.05. The highest BCUT2D eigenvalue weighted by Crippen LogP contribution is 2.33. The van der Waals surface area contributed by atoms with Crippen molar-refractivity contribution >= 4 is 34.7 Å². The molecule has 122 valence electrons. The van der Waals surface area contributed by atoms with Crippen LogP contribution in [0.2, 0.25) is 5.02 Å². The third kappa shape index (κ3) is 4.29. The first-order chi connectivity index (χ1) is 10.7. The van der Waals surface area contributed by atoms with Gasteiger partial charge in [0.15, 0.2) is 0 Å². The van der Waals surface area contributed by atoms with Gasteiger partial charge in [-0.3, -0.25) is 0 Å². The molecule has 0 unspecified atom stereocenters. The van der Waals surface area contributed by atoms with Crippen molar-refractivity contribution in [1.29, 1.82) is 0 Å². The standard InChI is InChI=1S/C15H13ClF3N3O/c1-8-2-4-10(20)7-12(8)21-14(23)22-13-6-9(15(17,18)19)3-5-11(13)16/h2-7H,20H2,1H3,(H2,21,22,23). The summed E-state index contributed by atoms with van der Waals surface area (Å²) in [5.74, 6) is 0. The number of nitrogens with one attached hydrogen (secondary N) is 2. The van der Waals surface area contributed by atoms with Crippen LogP contribution in [0, 0.1) is 6.92 Å². The first-order valence-electron chi connectivity index (χ1n) is 6.47. The van der Waals surface area contributed by atoms with Crippen LogP contribution in [0.5, 0.6) is 0 Å². The Morgan fingerprint density at radius 1 is 1.09 bits per heavy atom. The number of alkyl halides is 3. The predicted molar refractivity (Wildman–Crippen MR) is 84.7 cm³/mol. The molecule has 0 fully saturated rings. The summed E-state index contributed by atoms with van der Waals surface area (Å²) in [6.45, 7) is 1.76. The number of hydrogen-bond acceptors (Lipinski definition) is 2. The molecule has 0 heterocycles. The lowest BCUT2D eigenvalue weighted by atomic mass is 10.2. The van der Waals surface area contributed by atoms with Gasteiger partial charge in [0, 0.05) is 11.4 Å². The van der Waals surface area contributed by atoms with E-state index in [2.05, 4.69) is 10.6 Å². The van der Waals surface area contributed by atoms with Gasteiger partial charge in [-0.1, -0.05) is 17.7 Å². The Hall–Kier alpha value is -2.41. The topological polar surface area (TPSA) is 67.1 Å². The number of urea groups is 1. The average Bonchev–Trinajstić information content (AvgIpc) is 2.44. The molecule has 2 aromatic rings. The molecule has 0 saturated heterocycles. The number of halogens is 4. The second-order valence-electron chi connectivity index (χ2n) is 4.85. The minimum absolute atomic E-state index is 0.00236. The van der Waals surface area contributed by atoms with Crippen molar-refractivity contribution in [3.63, 3.8) is 0 Å². The molecular formula is C15H13ClF3N3O. The van der Waals surface area contributed by atoms with Gasteiger partial charge in [0.2, 0.25) is 0 Å². The van der Waals surface area contributed by atoms with Crippen LogP contribution in [0.4, 0.5) is 35.0 Å². The lowest BCUT2D eigenvalue weighted by Crippen LogP contribution is -2.20. The summed E-state index contributed by atoms with van der Waals surface area (Å²) in [6.07, 6.45) is -4.53. The maximum Gasteiger partial charge on any atom is 0.416 e. The highest BCUT2D eigenvalue weighted by atomic mass is 35.5. The van der Waals surface area contributed by atoms with Gasteiger partial charge >= 0.3 is 12.2 Å². The molecule has 0 saturated carbocycles. The zero-order valence-electron chi connectivity index (χ0n) is 12.0. The molecule has 8 heteroatoms. The molecule has 0 atom stereocenters. The quantitative estimate of drug-likeness (QED) is 0.679. The van der Waals surface area contributed by atoms with Crippen LogP contribution in [0.3, 0.4) is 0 Å². The Labute approximate surface area is 135 Å². The first-order valence-corrected chi connectivity index (χ1v) is 6.85. The van der Waals surface area contributed by atoms with E-state index in [0.29, 0.717) is 11.4 Å². The van der Waals surface area contributed by atoms with Crippen LogP contribution < -0.4 is 16.4 Å². The van der Waals surface area contributed by atoms with Crippen molar-refractivity contribution in [3.8, 4) is 0 Å². The zero-order valence-corrected chi connectivity index (χ0v) is 12.7. The number of amides is 2. The number of nitrogens with two attached hydrogens (primary N) is 1. The smallest absolute Gasteiger partial charge is 0.399 e. The van der Waals surface area contributed by atoms with Crippen molar-refractivity contribution in [2.24, 2.45) is 0 Å². The minimum Gasteiger partial charge on any atom is -0.399 e. The molecule has 4 N–H and O–H groups in total. The fraction of sp³-hybridized carbons (Fsp3) is 0.133. The first kappa shape index (κ1) is 17.0. The number of anilines is 3. The molecule has 0 bridgehead atoms. The molecule has 23 heavy (non-hydrogen) atoms. The maximum absolute atomic E-state index is 12.7. The van der Waals surface area contributed by atoms with Gasteiger partial charge in [0.1, 0.15) is 0 Å². The second kappa shape index (κ2) is 6.37. The molecule has 0 aromatic heterocycles. The number of aryl methyl sites for hydroxylation is 1. The van der Waals surface area contributed by atoms with Crippen molar-refractivity contribution < 1.29 is 18.0 Å². The van der Waals surface area contributed by atoms with Gasteiger partial charge in [0.25, 0.3) is 0 Å². The number of carbonyl (C=O) groups is 1. The fourth-order valence-electron chi connectivity index (χ4n) is 1.85. The highest BCUT2D eigenvalue weighted by Gasteiger charge is 2.31. The molecule has 4 nitrogen and oxygen atoms in total. The molecule has 0 spiro atoms. The van der Waals surface area contributed by atoms with Gasteiger partial charge in [-0.2, -0.15) is 13.2 Å². The van der Waals surface area contributed by atoms with E-state index in [4.69, 9.17) is 17.3 Å². The summed E-state index contributed by atoms with van der Waals surface area (Å²) in [6, 6.07) is 6.89. The zero-order chi connectivity index (χ0) is 17.2. The van der Waals surface area contributed by atoms with Crippen LogP contribution in [-0.2, 0) is 6.18 Å². The van der Waals surface area contributed by atoms with Crippen LogP contribution in [0.25, 0.3) is 0 Å². The van der Waals surface area contributed by atoms with Crippen molar-refractivity contribution in [2.75, 3.05) is 16.4 Å². The number of hydrogen-bond donors (Lipinski definition) is 3. The van der Waals surface area contributed by atoms with E-state index in [1.165, 1.54) is 0 Å². The fourth-order valence-corrected chi connectivity index (χ4v) is 2.01. The molecule has 2 aromatic carbocycles. The Bertz CT molecular complexity index is 747. The molecule has 0 aliphatic rings. The Morgan fingerprint density at radius 2 is 1.74 bits per heavy atom. The minimum atomic E-state index is -4.53. The summed E-state index contributed by atoms with van der Waals surface area (Å²) in [5, 5.41) is 4.81. The van der Waals surface area contributed by atoms with E-state index >= 15 is 0 Å². The maximum atomic E-state index is 12.7. The summed E-state index contributed by atoms with van der Waals surface area (Å²) >= 11 is 5.82. The van der Waals surface area contributed by atoms with Gasteiger partial charge in [-0.15, -0.1) is 0 Å². The van der Waals surface area contributed by atoms with E-state index in [0.717, 1.165) is 23.8 Å².